The summed E-state index contributed by atoms with van der Waals surface area (Å²) in [7, 11) is -1.30. The zero-order valence-corrected chi connectivity index (χ0v) is 6.56. The Hall–Kier alpha value is -0.315. The molecule has 2 N–H and O–H groups in total. The lowest BCUT2D eigenvalue weighted by atomic mass is 9.80. The summed E-state index contributed by atoms with van der Waals surface area (Å²) in [5, 5.41) is 19.4. The third-order valence-corrected chi connectivity index (χ3v) is 2.46. The summed E-state index contributed by atoms with van der Waals surface area (Å²) in [5.41, 5.74) is 0.646. The van der Waals surface area contributed by atoms with Crippen molar-refractivity contribution >= 4 is 23.9 Å². The van der Waals surface area contributed by atoms with Crippen LogP contribution in [0.25, 0.3) is 0 Å². The highest BCUT2D eigenvalue weighted by Gasteiger charge is 2.15. The molecule has 0 saturated heterocycles. The van der Waals surface area contributed by atoms with Crippen molar-refractivity contribution in [1.29, 1.82) is 0 Å². The van der Waals surface area contributed by atoms with Crippen LogP contribution in [0.4, 0.5) is 0 Å². The summed E-state index contributed by atoms with van der Waals surface area (Å²) in [6.45, 7) is 2.00. The minimum Gasteiger partial charge on any atom is -0.423 e. The molecule has 0 bridgehead atoms. The molecule has 1 rings (SSSR count). The number of rotatable bonds is 2. The van der Waals surface area contributed by atoms with Crippen molar-refractivity contribution in [3.63, 3.8) is 0 Å². The van der Waals surface area contributed by atoms with E-state index in [0.717, 1.165) is 11.3 Å². The van der Waals surface area contributed by atoms with E-state index in [9.17, 15) is 0 Å². The van der Waals surface area contributed by atoms with Crippen molar-refractivity contribution in [2.24, 2.45) is 0 Å². The van der Waals surface area contributed by atoms with Crippen molar-refractivity contribution in [3.8, 4) is 0 Å². The second-order valence-corrected chi connectivity index (χ2v) is 3.03. The Morgan fingerprint density at radius 1 is 1.60 bits per heavy atom. The normalized spacial score (nSPS) is 9.90. The first kappa shape index (κ1) is 7.79. The summed E-state index contributed by atoms with van der Waals surface area (Å²) in [6, 6.07) is 1.74. The second kappa shape index (κ2) is 3.19. The van der Waals surface area contributed by atoms with Gasteiger partial charge in [-0.2, -0.15) is 0 Å². The summed E-state index contributed by atoms with van der Waals surface area (Å²) in [4.78, 5) is 1.05. The van der Waals surface area contributed by atoms with Crippen molar-refractivity contribution in [2.75, 3.05) is 0 Å². The smallest absolute Gasteiger partial charge is 0.423 e. The molecular formula is C6H9BO2S. The maximum absolute atomic E-state index is 8.79. The SMILES string of the molecule is CCc1sccc1B(O)O. The molecule has 0 aliphatic rings. The molecule has 0 aliphatic heterocycles. The van der Waals surface area contributed by atoms with E-state index in [1.54, 1.807) is 17.4 Å². The number of thiophene rings is 1. The molecule has 0 atom stereocenters. The van der Waals surface area contributed by atoms with Crippen LogP contribution in [0, 0.1) is 0 Å². The van der Waals surface area contributed by atoms with Crippen LogP contribution in [0.15, 0.2) is 11.4 Å². The van der Waals surface area contributed by atoms with E-state index in [1.807, 2.05) is 12.3 Å². The fourth-order valence-electron chi connectivity index (χ4n) is 0.868. The average molecular weight is 156 g/mol. The summed E-state index contributed by atoms with van der Waals surface area (Å²) in [5.74, 6) is 0. The zero-order valence-electron chi connectivity index (χ0n) is 5.74. The average Bonchev–Trinajstić information content (AvgIpc) is 2.33. The highest BCUT2D eigenvalue weighted by molar-refractivity contribution is 7.11. The Morgan fingerprint density at radius 2 is 2.30 bits per heavy atom. The van der Waals surface area contributed by atoms with Gasteiger partial charge in [-0.05, 0) is 17.3 Å². The first-order valence-corrected chi connectivity index (χ1v) is 4.06. The molecule has 0 saturated carbocycles. The molecular weight excluding hydrogens is 147 g/mol. The van der Waals surface area contributed by atoms with E-state index in [4.69, 9.17) is 10.0 Å². The summed E-state index contributed by atoms with van der Waals surface area (Å²) >= 11 is 1.56. The first-order chi connectivity index (χ1) is 4.75. The lowest BCUT2D eigenvalue weighted by molar-refractivity contribution is 0.425. The van der Waals surface area contributed by atoms with Gasteiger partial charge in [0.2, 0.25) is 0 Å². The van der Waals surface area contributed by atoms with Gasteiger partial charge in [-0.15, -0.1) is 11.3 Å². The maximum atomic E-state index is 8.79. The summed E-state index contributed by atoms with van der Waals surface area (Å²) in [6.07, 6.45) is 0.866. The highest BCUT2D eigenvalue weighted by Crippen LogP contribution is 2.06. The van der Waals surface area contributed by atoms with Gasteiger partial charge in [0.05, 0.1) is 0 Å². The van der Waals surface area contributed by atoms with Gasteiger partial charge in [0.25, 0.3) is 0 Å². The van der Waals surface area contributed by atoms with Crippen LogP contribution in [0.5, 0.6) is 0 Å². The fourth-order valence-corrected chi connectivity index (χ4v) is 1.72. The molecule has 10 heavy (non-hydrogen) atoms. The van der Waals surface area contributed by atoms with Gasteiger partial charge in [-0.3, -0.25) is 0 Å². The van der Waals surface area contributed by atoms with Gasteiger partial charge in [0, 0.05) is 4.88 Å². The fraction of sp³-hybridized carbons (Fsp3) is 0.333. The third-order valence-electron chi connectivity index (χ3n) is 1.38. The number of hydrogen-bond acceptors (Lipinski definition) is 3. The standard InChI is InChI=1S/C6H9BO2S/c1-2-6-5(7(8)9)3-4-10-6/h3-4,8-9H,2H2,1H3. The Balaban J connectivity index is 2.90. The molecule has 0 spiro atoms. The van der Waals surface area contributed by atoms with E-state index in [0.29, 0.717) is 5.46 Å². The Morgan fingerprint density at radius 3 is 2.70 bits per heavy atom. The Kier molecular flexibility index (Phi) is 2.48. The molecule has 1 heterocycles. The van der Waals surface area contributed by atoms with Crippen molar-refractivity contribution < 1.29 is 10.0 Å². The minimum atomic E-state index is -1.30. The molecule has 0 amide bonds. The van der Waals surface area contributed by atoms with Crippen LogP contribution in [0.2, 0.25) is 0 Å². The molecule has 0 unspecified atom stereocenters. The molecule has 1 aromatic rings. The monoisotopic (exact) mass is 156 g/mol. The van der Waals surface area contributed by atoms with Crippen molar-refractivity contribution in [3.05, 3.63) is 16.3 Å². The van der Waals surface area contributed by atoms with Crippen molar-refractivity contribution in [2.45, 2.75) is 13.3 Å². The van der Waals surface area contributed by atoms with Crippen LogP contribution in [-0.4, -0.2) is 17.2 Å². The zero-order chi connectivity index (χ0) is 7.56. The van der Waals surface area contributed by atoms with Crippen LogP contribution in [0.3, 0.4) is 0 Å². The van der Waals surface area contributed by atoms with Gasteiger partial charge in [0.1, 0.15) is 0 Å². The van der Waals surface area contributed by atoms with Gasteiger partial charge < -0.3 is 10.0 Å². The lowest BCUT2D eigenvalue weighted by Crippen LogP contribution is -2.30. The molecule has 4 heteroatoms. The van der Waals surface area contributed by atoms with E-state index in [1.165, 1.54) is 0 Å². The molecule has 1 aromatic heterocycles. The molecule has 0 fully saturated rings. The topological polar surface area (TPSA) is 40.5 Å². The predicted molar refractivity (Wildman–Crippen MR) is 43.5 cm³/mol. The minimum absolute atomic E-state index is 0.646. The van der Waals surface area contributed by atoms with Crippen LogP contribution >= 0.6 is 11.3 Å². The molecule has 0 aromatic carbocycles. The van der Waals surface area contributed by atoms with Gasteiger partial charge in [-0.1, -0.05) is 13.0 Å². The van der Waals surface area contributed by atoms with Gasteiger partial charge in [-0.25, -0.2) is 0 Å². The summed E-state index contributed by atoms with van der Waals surface area (Å²) < 4.78 is 0. The number of hydrogen-bond donors (Lipinski definition) is 2. The highest BCUT2D eigenvalue weighted by atomic mass is 32.1. The predicted octanol–water partition coefficient (Wildman–Crippen LogP) is -0.00970. The Bertz CT molecular complexity index is 209. The largest absolute Gasteiger partial charge is 0.489 e. The molecule has 54 valence electrons. The first-order valence-electron chi connectivity index (χ1n) is 3.18. The number of aryl methyl sites for hydroxylation is 1. The van der Waals surface area contributed by atoms with E-state index < -0.39 is 7.12 Å². The maximum Gasteiger partial charge on any atom is 0.489 e. The molecule has 0 aliphatic carbocycles. The van der Waals surface area contributed by atoms with Crippen LogP contribution in [0.1, 0.15) is 11.8 Å². The lowest BCUT2D eigenvalue weighted by Gasteiger charge is -1.96. The van der Waals surface area contributed by atoms with E-state index in [2.05, 4.69) is 0 Å². The third kappa shape index (κ3) is 1.40. The molecule has 0 radical (unpaired) electrons. The Labute approximate surface area is 64.3 Å². The van der Waals surface area contributed by atoms with Gasteiger partial charge >= 0.3 is 7.12 Å². The van der Waals surface area contributed by atoms with Crippen LogP contribution < -0.4 is 5.46 Å². The van der Waals surface area contributed by atoms with Crippen molar-refractivity contribution in [1.82, 2.24) is 0 Å². The van der Waals surface area contributed by atoms with E-state index >= 15 is 0 Å². The second-order valence-electron chi connectivity index (χ2n) is 2.03. The van der Waals surface area contributed by atoms with E-state index in [-0.39, 0.29) is 0 Å². The van der Waals surface area contributed by atoms with Gasteiger partial charge in [0.15, 0.2) is 0 Å². The quantitative estimate of drug-likeness (QED) is 0.591. The van der Waals surface area contributed by atoms with Crippen LogP contribution in [-0.2, 0) is 6.42 Å². The molecule has 2 nitrogen and oxygen atoms in total.